The number of fused-ring (bicyclic) bond motifs is 1. The third-order valence-corrected chi connectivity index (χ3v) is 7.22. The highest BCUT2D eigenvalue weighted by atomic mass is 32.2. The summed E-state index contributed by atoms with van der Waals surface area (Å²) >= 11 is 3.43. The molecule has 2 aliphatic heterocycles. The first kappa shape index (κ1) is 15.1. The molecule has 2 heterocycles. The van der Waals surface area contributed by atoms with Crippen LogP contribution in [0.3, 0.4) is 0 Å². The Bertz CT molecular complexity index is 541. The van der Waals surface area contributed by atoms with E-state index in [1.54, 1.807) is 30.6 Å². The predicted octanol–water partition coefficient (Wildman–Crippen LogP) is 2.79. The van der Waals surface area contributed by atoms with Crippen LogP contribution in [-0.2, 0) is 9.53 Å². The van der Waals surface area contributed by atoms with Gasteiger partial charge in [-0.25, -0.2) is 0 Å². The normalized spacial score (nSPS) is 35.1. The van der Waals surface area contributed by atoms with Crippen LogP contribution in [0.4, 0.5) is 0 Å². The Morgan fingerprint density at radius 2 is 2.10 bits per heavy atom. The second kappa shape index (κ2) is 5.41. The van der Waals surface area contributed by atoms with Crippen LogP contribution >= 0.6 is 23.5 Å². The maximum Gasteiger partial charge on any atom is 0.272 e. The van der Waals surface area contributed by atoms with Crippen molar-refractivity contribution >= 4 is 29.4 Å². The van der Waals surface area contributed by atoms with Crippen molar-refractivity contribution in [1.82, 2.24) is 4.90 Å². The molecule has 21 heavy (non-hydrogen) atoms. The summed E-state index contributed by atoms with van der Waals surface area (Å²) in [6.45, 7) is 1.98. The third-order valence-electron chi connectivity index (χ3n) is 4.16. The smallest absolute Gasteiger partial charge is 0.272 e. The number of carbonyl (C=O) groups excluding carboxylic acids is 1. The highest BCUT2D eigenvalue weighted by molar-refractivity contribution is 8.18. The van der Waals surface area contributed by atoms with Crippen LogP contribution in [0.5, 0.6) is 5.75 Å². The number of amides is 1. The van der Waals surface area contributed by atoms with Gasteiger partial charge in [0, 0.05) is 19.3 Å². The number of methoxy groups -OCH3 is 1. The molecule has 1 aromatic rings. The van der Waals surface area contributed by atoms with E-state index in [4.69, 9.17) is 9.47 Å². The quantitative estimate of drug-likeness (QED) is 0.796. The number of nitrogens with zero attached hydrogens (tertiary/aromatic N) is 1. The number of hydrogen-bond acceptors (Lipinski definition) is 5. The Balaban J connectivity index is 1.89. The molecule has 0 aliphatic carbocycles. The average molecular weight is 325 g/mol. The van der Waals surface area contributed by atoms with Crippen LogP contribution in [0.1, 0.15) is 13.3 Å². The molecular weight excluding hydrogens is 306 g/mol. The minimum Gasteiger partial charge on any atom is -0.476 e. The molecule has 2 aliphatic rings. The number of ether oxygens (including phenoxy) is 2. The van der Waals surface area contributed by atoms with E-state index in [0.29, 0.717) is 0 Å². The molecule has 2 fully saturated rings. The fourth-order valence-electron chi connectivity index (χ4n) is 2.89. The molecule has 3 atom stereocenters. The van der Waals surface area contributed by atoms with E-state index in [2.05, 4.69) is 0 Å². The molecule has 0 radical (unpaired) electrons. The van der Waals surface area contributed by atoms with Gasteiger partial charge in [0.05, 0.1) is 0 Å². The van der Waals surface area contributed by atoms with Gasteiger partial charge in [0.1, 0.15) is 11.5 Å². The highest BCUT2D eigenvalue weighted by Crippen LogP contribution is 2.58. The van der Waals surface area contributed by atoms with Crippen molar-refractivity contribution < 1.29 is 14.3 Å². The lowest BCUT2D eigenvalue weighted by Gasteiger charge is -2.63. The van der Waals surface area contributed by atoms with Crippen molar-refractivity contribution in [3.05, 3.63) is 30.3 Å². The van der Waals surface area contributed by atoms with Crippen LogP contribution < -0.4 is 4.74 Å². The number of para-hydroxylation sites is 1. The van der Waals surface area contributed by atoms with Gasteiger partial charge in [0.15, 0.2) is 4.20 Å². The maximum atomic E-state index is 12.6. The third kappa shape index (κ3) is 2.15. The molecule has 6 heteroatoms. The second-order valence-corrected chi connectivity index (χ2v) is 7.91. The largest absolute Gasteiger partial charge is 0.476 e. The second-order valence-electron chi connectivity index (χ2n) is 5.30. The molecule has 0 aromatic heterocycles. The van der Waals surface area contributed by atoms with Crippen LogP contribution in [0, 0.1) is 0 Å². The van der Waals surface area contributed by atoms with Gasteiger partial charge in [-0.3, -0.25) is 9.69 Å². The number of benzene rings is 1. The number of hydrogen-bond donors (Lipinski definition) is 0. The summed E-state index contributed by atoms with van der Waals surface area (Å²) in [6, 6.07) is 9.52. The van der Waals surface area contributed by atoms with Gasteiger partial charge in [-0.1, -0.05) is 18.2 Å². The van der Waals surface area contributed by atoms with Crippen LogP contribution in [0.25, 0.3) is 0 Å². The van der Waals surface area contributed by atoms with Gasteiger partial charge >= 0.3 is 0 Å². The molecule has 0 bridgehead atoms. The number of carbonyl (C=O) groups is 1. The van der Waals surface area contributed by atoms with E-state index in [1.165, 1.54) is 0 Å². The molecule has 114 valence electrons. The zero-order valence-electron chi connectivity index (χ0n) is 12.4. The fourth-order valence-corrected chi connectivity index (χ4v) is 5.93. The van der Waals surface area contributed by atoms with Crippen LogP contribution in [-0.4, -0.2) is 46.0 Å². The molecule has 1 aromatic carbocycles. The van der Waals surface area contributed by atoms with Gasteiger partial charge in [-0.2, -0.15) is 0 Å². The first-order valence-electron chi connectivity index (χ1n) is 6.87. The zero-order chi connectivity index (χ0) is 15.1. The summed E-state index contributed by atoms with van der Waals surface area (Å²) in [5.41, 5.74) is -0.540. The standard InChI is InChI=1S/C15H19NO3S2/c1-14(18-2)9-10-21-15(20-3)12(13(17)16(14)15)19-11-7-5-4-6-8-11/h4-8,12H,9-10H2,1-3H3/t12-,14+,15-/m0/s1. The van der Waals surface area contributed by atoms with Crippen molar-refractivity contribution in [3.8, 4) is 5.75 Å². The minimum atomic E-state index is -0.540. The summed E-state index contributed by atoms with van der Waals surface area (Å²) in [6.07, 6.45) is 2.39. The summed E-state index contributed by atoms with van der Waals surface area (Å²) in [7, 11) is 1.67. The van der Waals surface area contributed by atoms with Crippen molar-refractivity contribution in [1.29, 1.82) is 0 Å². The lowest BCUT2D eigenvalue weighted by molar-refractivity contribution is -0.209. The van der Waals surface area contributed by atoms with Gasteiger partial charge < -0.3 is 9.47 Å². The van der Waals surface area contributed by atoms with Gasteiger partial charge in [-0.05, 0) is 25.3 Å². The van der Waals surface area contributed by atoms with E-state index >= 15 is 0 Å². The lowest BCUT2D eigenvalue weighted by Crippen LogP contribution is -2.80. The molecule has 1 amide bonds. The summed E-state index contributed by atoms with van der Waals surface area (Å²) < 4.78 is 11.2. The maximum absolute atomic E-state index is 12.6. The number of thioether (sulfide) groups is 2. The first-order chi connectivity index (χ1) is 10.1. The fraction of sp³-hybridized carbons (Fsp3) is 0.533. The number of β-lactam (4-membered cyclic amide) rings is 1. The molecule has 0 unspecified atom stereocenters. The highest BCUT2D eigenvalue weighted by Gasteiger charge is 2.69. The Labute approximate surface area is 133 Å². The van der Waals surface area contributed by atoms with Crippen molar-refractivity contribution in [2.24, 2.45) is 0 Å². The lowest BCUT2D eigenvalue weighted by atomic mass is 10.0. The van der Waals surface area contributed by atoms with Crippen molar-refractivity contribution in [3.63, 3.8) is 0 Å². The Hall–Kier alpha value is -0.850. The van der Waals surface area contributed by atoms with Crippen LogP contribution in [0.2, 0.25) is 0 Å². The topological polar surface area (TPSA) is 38.8 Å². The monoisotopic (exact) mass is 325 g/mol. The van der Waals surface area contributed by atoms with Gasteiger partial charge in [0.2, 0.25) is 6.10 Å². The molecule has 4 nitrogen and oxygen atoms in total. The molecule has 3 rings (SSSR count). The van der Waals surface area contributed by atoms with Crippen LogP contribution in [0.15, 0.2) is 30.3 Å². The Morgan fingerprint density at radius 1 is 1.38 bits per heavy atom. The predicted molar refractivity (Wildman–Crippen MR) is 86.4 cm³/mol. The molecule has 0 spiro atoms. The first-order valence-corrected chi connectivity index (χ1v) is 9.08. The van der Waals surface area contributed by atoms with Gasteiger partial charge in [-0.15, -0.1) is 23.5 Å². The SMILES string of the molecule is CO[C@]1(C)CCS[C@@]2(SC)[C@@H](Oc3ccccc3)C(=O)N21. The van der Waals surface area contributed by atoms with E-state index in [-0.39, 0.29) is 5.91 Å². The molecule has 0 N–H and O–H groups in total. The van der Waals surface area contributed by atoms with E-state index in [9.17, 15) is 4.79 Å². The molecule has 2 saturated heterocycles. The number of rotatable bonds is 4. The summed E-state index contributed by atoms with van der Waals surface area (Å²) in [5.74, 6) is 1.68. The zero-order valence-corrected chi connectivity index (χ0v) is 14.0. The summed E-state index contributed by atoms with van der Waals surface area (Å²) in [5, 5.41) is 0. The van der Waals surface area contributed by atoms with E-state index < -0.39 is 16.0 Å². The minimum absolute atomic E-state index is 0.00440. The van der Waals surface area contributed by atoms with Gasteiger partial charge in [0.25, 0.3) is 5.91 Å². The van der Waals surface area contributed by atoms with E-state index in [0.717, 1.165) is 17.9 Å². The molecule has 0 saturated carbocycles. The van der Waals surface area contributed by atoms with E-state index in [1.807, 2.05) is 48.4 Å². The Morgan fingerprint density at radius 3 is 2.71 bits per heavy atom. The average Bonchev–Trinajstić information content (AvgIpc) is 2.52. The van der Waals surface area contributed by atoms with Crippen molar-refractivity contribution in [2.45, 2.75) is 29.4 Å². The molecular formula is C15H19NO3S2. The van der Waals surface area contributed by atoms with Crippen molar-refractivity contribution in [2.75, 3.05) is 19.1 Å². The Kier molecular flexibility index (Phi) is 3.88. The summed E-state index contributed by atoms with van der Waals surface area (Å²) in [4.78, 5) is 14.5.